The van der Waals surface area contributed by atoms with Crippen LogP contribution in [0.4, 0.5) is 0 Å². The van der Waals surface area contributed by atoms with Gasteiger partial charge in [0.15, 0.2) is 0 Å². The van der Waals surface area contributed by atoms with E-state index in [2.05, 4.69) is 34.6 Å². The van der Waals surface area contributed by atoms with E-state index in [1.54, 1.807) is 0 Å². The molecule has 0 aromatic rings. The number of methoxy groups -OCH3 is 1. The lowest BCUT2D eigenvalue weighted by molar-refractivity contribution is -0.168. The van der Waals surface area contributed by atoms with Crippen LogP contribution in [0.2, 0.25) is 0 Å². The monoisotopic (exact) mass is 418 g/mol. The molecule has 0 bridgehead atoms. The Balaban J connectivity index is 1.58. The Labute approximate surface area is 184 Å². The molecule has 4 fully saturated rings. The van der Waals surface area contributed by atoms with Gasteiger partial charge in [-0.15, -0.1) is 0 Å². The van der Waals surface area contributed by atoms with Gasteiger partial charge in [-0.3, -0.25) is 4.79 Å². The SMILES string of the molecule is COC(=O)CCC(C)C1CCC2C3C(C)CC4C[C@H](O)CC[C@]4(C)C3C[C@H](C)[C@]12C. The largest absolute Gasteiger partial charge is 0.469 e. The third kappa shape index (κ3) is 3.37. The quantitative estimate of drug-likeness (QED) is 0.562. The van der Waals surface area contributed by atoms with Crippen molar-refractivity contribution in [1.82, 2.24) is 0 Å². The van der Waals surface area contributed by atoms with Crippen molar-refractivity contribution in [3.63, 3.8) is 0 Å². The number of carbonyl (C=O) groups excluding carboxylic acids is 1. The van der Waals surface area contributed by atoms with Gasteiger partial charge in [0.25, 0.3) is 0 Å². The molecule has 0 aromatic heterocycles. The first-order valence-corrected chi connectivity index (χ1v) is 12.9. The molecular weight excluding hydrogens is 372 g/mol. The molecule has 4 saturated carbocycles. The fourth-order valence-electron chi connectivity index (χ4n) is 9.57. The van der Waals surface area contributed by atoms with Crippen molar-refractivity contribution in [3.8, 4) is 0 Å². The lowest BCUT2D eigenvalue weighted by Gasteiger charge is -2.64. The van der Waals surface area contributed by atoms with Gasteiger partial charge in [-0.1, -0.05) is 34.6 Å². The van der Waals surface area contributed by atoms with Crippen molar-refractivity contribution in [1.29, 1.82) is 0 Å². The van der Waals surface area contributed by atoms with Crippen LogP contribution in [0.25, 0.3) is 0 Å². The Morgan fingerprint density at radius 1 is 1.10 bits per heavy atom. The molecule has 0 aliphatic heterocycles. The van der Waals surface area contributed by atoms with Crippen LogP contribution in [0.3, 0.4) is 0 Å². The molecule has 30 heavy (non-hydrogen) atoms. The van der Waals surface area contributed by atoms with Crippen molar-refractivity contribution < 1.29 is 14.6 Å². The molecule has 3 nitrogen and oxygen atoms in total. The van der Waals surface area contributed by atoms with E-state index >= 15 is 0 Å². The summed E-state index contributed by atoms with van der Waals surface area (Å²) in [5.74, 6) is 6.00. The smallest absolute Gasteiger partial charge is 0.305 e. The summed E-state index contributed by atoms with van der Waals surface area (Å²) in [6.07, 6.45) is 10.1. The van der Waals surface area contributed by atoms with E-state index in [1.807, 2.05) is 0 Å². The van der Waals surface area contributed by atoms with E-state index in [-0.39, 0.29) is 12.1 Å². The molecule has 0 amide bonds. The summed E-state index contributed by atoms with van der Waals surface area (Å²) in [7, 11) is 1.51. The summed E-state index contributed by atoms with van der Waals surface area (Å²) >= 11 is 0. The molecule has 0 heterocycles. The molecule has 7 unspecified atom stereocenters. The zero-order chi connectivity index (χ0) is 21.8. The predicted molar refractivity (Wildman–Crippen MR) is 121 cm³/mol. The normalized spacial score (nSPS) is 51.4. The Morgan fingerprint density at radius 2 is 1.83 bits per heavy atom. The number of aliphatic hydroxyl groups excluding tert-OH is 1. The third-order valence-corrected chi connectivity index (χ3v) is 11.4. The molecule has 0 saturated heterocycles. The zero-order valence-electron chi connectivity index (χ0n) is 20.3. The van der Waals surface area contributed by atoms with Crippen LogP contribution in [-0.2, 0) is 9.53 Å². The first-order chi connectivity index (χ1) is 14.1. The lowest BCUT2D eigenvalue weighted by atomic mass is 9.40. The minimum atomic E-state index is -0.0652. The van der Waals surface area contributed by atoms with Crippen LogP contribution in [0, 0.1) is 58.2 Å². The topological polar surface area (TPSA) is 46.5 Å². The maximum Gasteiger partial charge on any atom is 0.305 e. The van der Waals surface area contributed by atoms with Gasteiger partial charge in [0.2, 0.25) is 0 Å². The minimum absolute atomic E-state index is 0.0577. The molecule has 172 valence electrons. The van der Waals surface area contributed by atoms with Gasteiger partial charge < -0.3 is 9.84 Å². The third-order valence-electron chi connectivity index (χ3n) is 11.4. The number of aliphatic hydroxyl groups is 1. The molecule has 3 heteroatoms. The fourth-order valence-corrected chi connectivity index (χ4v) is 9.57. The molecule has 4 aliphatic carbocycles. The molecular formula is C27H46O3. The molecule has 4 aliphatic rings. The van der Waals surface area contributed by atoms with Crippen molar-refractivity contribution >= 4 is 5.97 Å². The van der Waals surface area contributed by atoms with Gasteiger partial charge in [-0.25, -0.2) is 0 Å². The van der Waals surface area contributed by atoms with Crippen LogP contribution in [-0.4, -0.2) is 24.3 Å². The van der Waals surface area contributed by atoms with Crippen molar-refractivity contribution in [2.75, 3.05) is 7.11 Å². The number of ether oxygens (including phenoxy) is 1. The summed E-state index contributed by atoms with van der Waals surface area (Å²) in [6.45, 7) is 12.7. The van der Waals surface area contributed by atoms with Crippen LogP contribution >= 0.6 is 0 Å². The van der Waals surface area contributed by atoms with E-state index in [0.717, 1.165) is 54.8 Å². The average Bonchev–Trinajstić information content (AvgIpc) is 3.06. The predicted octanol–water partition coefficient (Wildman–Crippen LogP) is 6.09. The van der Waals surface area contributed by atoms with Crippen molar-refractivity contribution in [2.24, 2.45) is 58.2 Å². The number of hydrogen-bond acceptors (Lipinski definition) is 3. The van der Waals surface area contributed by atoms with Crippen molar-refractivity contribution in [2.45, 2.75) is 98.5 Å². The van der Waals surface area contributed by atoms with Crippen LogP contribution in [0.5, 0.6) is 0 Å². The molecule has 4 rings (SSSR count). The summed E-state index contributed by atoms with van der Waals surface area (Å²) in [5, 5.41) is 10.4. The standard InChI is InChI=1S/C27H46O3/c1-16(7-10-24(29)30-6)21-8-9-22-25-17(2)13-19-15-20(28)11-12-26(19,4)23(25)14-18(3)27(21,22)5/h16-23,25,28H,7-15H2,1-6H3/t16?,17?,18-,19?,20+,21?,22?,23?,25?,26-,27+/m0/s1. The summed E-state index contributed by atoms with van der Waals surface area (Å²) in [4.78, 5) is 11.7. The number of rotatable bonds is 4. The Hall–Kier alpha value is -0.570. The highest BCUT2D eigenvalue weighted by molar-refractivity contribution is 5.69. The van der Waals surface area contributed by atoms with Gasteiger partial charge in [-0.2, -0.15) is 0 Å². The lowest BCUT2D eigenvalue weighted by Crippen LogP contribution is -2.58. The Kier molecular flexibility index (Phi) is 6.10. The highest BCUT2D eigenvalue weighted by Gasteiger charge is 2.64. The van der Waals surface area contributed by atoms with Gasteiger partial charge in [-0.05, 0) is 110 Å². The average molecular weight is 419 g/mol. The van der Waals surface area contributed by atoms with Crippen LogP contribution < -0.4 is 0 Å². The van der Waals surface area contributed by atoms with Gasteiger partial charge in [0.1, 0.15) is 0 Å². The zero-order valence-corrected chi connectivity index (χ0v) is 20.3. The maximum atomic E-state index is 11.7. The number of carbonyl (C=O) groups is 1. The van der Waals surface area contributed by atoms with Gasteiger partial charge >= 0.3 is 5.97 Å². The van der Waals surface area contributed by atoms with Crippen LogP contribution in [0.1, 0.15) is 92.4 Å². The summed E-state index contributed by atoms with van der Waals surface area (Å²) in [5.41, 5.74) is 0.836. The van der Waals surface area contributed by atoms with Crippen LogP contribution in [0.15, 0.2) is 0 Å². The molecule has 11 atom stereocenters. The number of hydrogen-bond donors (Lipinski definition) is 1. The molecule has 1 N–H and O–H groups in total. The van der Waals surface area contributed by atoms with Gasteiger partial charge in [0.05, 0.1) is 13.2 Å². The molecule has 0 aromatic carbocycles. The van der Waals surface area contributed by atoms with Gasteiger partial charge in [0, 0.05) is 6.42 Å². The maximum absolute atomic E-state index is 11.7. The van der Waals surface area contributed by atoms with E-state index in [0.29, 0.717) is 29.1 Å². The second kappa shape index (κ2) is 8.09. The summed E-state index contributed by atoms with van der Waals surface area (Å²) < 4.78 is 4.91. The van der Waals surface area contributed by atoms with E-state index < -0.39 is 0 Å². The minimum Gasteiger partial charge on any atom is -0.469 e. The fraction of sp³-hybridized carbons (Fsp3) is 0.963. The summed E-state index contributed by atoms with van der Waals surface area (Å²) in [6, 6.07) is 0. The first kappa shape index (κ1) is 22.6. The Bertz CT molecular complexity index is 646. The Morgan fingerprint density at radius 3 is 2.53 bits per heavy atom. The second-order valence-corrected chi connectivity index (χ2v) is 12.4. The highest BCUT2D eigenvalue weighted by Crippen LogP contribution is 2.70. The number of esters is 1. The van der Waals surface area contributed by atoms with E-state index in [9.17, 15) is 9.90 Å². The molecule has 0 radical (unpaired) electrons. The second-order valence-electron chi connectivity index (χ2n) is 12.4. The first-order valence-electron chi connectivity index (χ1n) is 12.9. The number of fused-ring (bicyclic) bond motifs is 5. The van der Waals surface area contributed by atoms with E-state index in [1.165, 1.54) is 39.2 Å². The highest BCUT2D eigenvalue weighted by atomic mass is 16.5. The van der Waals surface area contributed by atoms with Crippen molar-refractivity contribution in [3.05, 3.63) is 0 Å². The van der Waals surface area contributed by atoms with E-state index in [4.69, 9.17) is 4.74 Å². The molecule has 0 spiro atoms.